The van der Waals surface area contributed by atoms with Crippen molar-refractivity contribution in [2.75, 3.05) is 10.6 Å². The zero-order valence-electron chi connectivity index (χ0n) is 8.90. The molecule has 0 spiro atoms. The fourth-order valence-corrected chi connectivity index (χ4v) is 1.84. The molecule has 5 nitrogen and oxygen atoms in total. The van der Waals surface area contributed by atoms with E-state index in [0.29, 0.717) is 21.7 Å². The number of amides is 2. The Labute approximate surface area is 107 Å². The summed E-state index contributed by atoms with van der Waals surface area (Å²) in [6.07, 6.45) is 0. The van der Waals surface area contributed by atoms with Crippen LogP contribution in [-0.4, -0.2) is 15.4 Å². The molecule has 0 aliphatic heterocycles. The minimum absolute atomic E-state index is 0.358. The SMILES string of the molecule is Cc1nsc(NC(=O)Nc2ccc(Cl)cc2)n1. The molecule has 0 saturated carbocycles. The molecule has 0 unspecified atom stereocenters. The topological polar surface area (TPSA) is 66.9 Å². The first-order valence-corrected chi connectivity index (χ1v) is 5.92. The molecule has 2 N–H and O–H groups in total. The number of anilines is 2. The van der Waals surface area contributed by atoms with Crippen LogP contribution in [0.5, 0.6) is 0 Å². The van der Waals surface area contributed by atoms with Gasteiger partial charge in [0.1, 0.15) is 5.82 Å². The molecule has 0 bridgehead atoms. The molecule has 2 amide bonds. The number of aryl methyl sites for hydroxylation is 1. The quantitative estimate of drug-likeness (QED) is 0.879. The second-order valence-electron chi connectivity index (χ2n) is 3.23. The fraction of sp³-hybridized carbons (Fsp3) is 0.100. The number of nitrogens with zero attached hydrogens (tertiary/aromatic N) is 2. The molecule has 0 saturated heterocycles. The summed E-state index contributed by atoms with van der Waals surface area (Å²) in [4.78, 5) is 15.6. The number of halogens is 1. The van der Waals surface area contributed by atoms with Gasteiger partial charge in [0.25, 0.3) is 0 Å². The van der Waals surface area contributed by atoms with E-state index in [2.05, 4.69) is 20.0 Å². The molecule has 0 aliphatic carbocycles. The highest BCUT2D eigenvalue weighted by Gasteiger charge is 2.05. The van der Waals surface area contributed by atoms with Crippen LogP contribution in [0, 0.1) is 6.92 Å². The molecule has 7 heteroatoms. The van der Waals surface area contributed by atoms with E-state index in [1.54, 1.807) is 31.2 Å². The van der Waals surface area contributed by atoms with Gasteiger partial charge in [0, 0.05) is 22.2 Å². The van der Waals surface area contributed by atoms with E-state index in [1.165, 1.54) is 0 Å². The number of carbonyl (C=O) groups is 1. The summed E-state index contributed by atoms with van der Waals surface area (Å²) in [6.45, 7) is 1.76. The number of nitrogens with one attached hydrogen (secondary N) is 2. The van der Waals surface area contributed by atoms with E-state index in [0.717, 1.165) is 11.5 Å². The number of hydrogen-bond donors (Lipinski definition) is 2. The van der Waals surface area contributed by atoms with E-state index < -0.39 is 0 Å². The molecule has 1 aromatic heterocycles. The third-order valence-corrected chi connectivity index (χ3v) is 2.82. The maximum absolute atomic E-state index is 11.6. The summed E-state index contributed by atoms with van der Waals surface area (Å²) >= 11 is 6.87. The third kappa shape index (κ3) is 3.40. The van der Waals surface area contributed by atoms with Crippen molar-refractivity contribution in [1.29, 1.82) is 0 Å². The van der Waals surface area contributed by atoms with Gasteiger partial charge in [-0.25, -0.2) is 9.78 Å². The molecule has 0 atom stereocenters. The van der Waals surface area contributed by atoms with Crippen molar-refractivity contribution in [2.45, 2.75) is 6.92 Å². The molecule has 2 rings (SSSR count). The number of benzene rings is 1. The maximum atomic E-state index is 11.6. The Morgan fingerprint density at radius 1 is 1.29 bits per heavy atom. The summed E-state index contributed by atoms with van der Waals surface area (Å²) < 4.78 is 3.96. The lowest BCUT2D eigenvalue weighted by Crippen LogP contribution is -2.19. The molecule has 0 aliphatic rings. The smallest absolute Gasteiger partial charge is 0.308 e. The first kappa shape index (κ1) is 11.8. The normalized spacial score (nSPS) is 10.0. The highest BCUT2D eigenvalue weighted by Crippen LogP contribution is 2.14. The third-order valence-electron chi connectivity index (χ3n) is 1.85. The van der Waals surface area contributed by atoms with Gasteiger partial charge in [-0.1, -0.05) is 11.6 Å². The van der Waals surface area contributed by atoms with Crippen LogP contribution in [0.4, 0.5) is 15.6 Å². The maximum Gasteiger partial charge on any atom is 0.325 e. The Balaban J connectivity index is 1.95. The Hall–Kier alpha value is -1.66. The largest absolute Gasteiger partial charge is 0.325 e. The molecule has 0 fully saturated rings. The zero-order valence-corrected chi connectivity index (χ0v) is 10.5. The van der Waals surface area contributed by atoms with Gasteiger partial charge in [-0.2, -0.15) is 4.37 Å². The summed E-state index contributed by atoms with van der Waals surface area (Å²) in [5, 5.41) is 6.33. The fourth-order valence-electron chi connectivity index (χ4n) is 1.14. The van der Waals surface area contributed by atoms with Crippen molar-refractivity contribution < 1.29 is 4.79 Å². The van der Waals surface area contributed by atoms with Crippen LogP contribution in [0.3, 0.4) is 0 Å². The van der Waals surface area contributed by atoms with Crippen LogP contribution < -0.4 is 10.6 Å². The number of urea groups is 1. The predicted octanol–water partition coefficient (Wildman–Crippen LogP) is 3.14. The van der Waals surface area contributed by atoms with Gasteiger partial charge in [0.2, 0.25) is 5.13 Å². The molecule has 1 heterocycles. The molecule has 0 radical (unpaired) electrons. The van der Waals surface area contributed by atoms with E-state index in [1.807, 2.05) is 0 Å². The summed E-state index contributed by atoms with van der Waals surface area (Å²) in [6, 6.07) is 6.47. The Bertz CT molecular complexity index is 525. The van der Waals surface area contributed by atoms with E-state index in [-0.39, 0.29) is 6.03 Å². The molecule has 88 valence electrons. The van der Waals surface area contributed by atoms with E-state index in [4.69, 9.17) is 11.6 Å². The van der Waals surface area contributed by atoms with Gasteiger partial charge in [0.15, 0.2) is 0 Å². The van der Waals surface area contributed by atoms with Crippen molar-refractivity contribution in [1.82, 2.24) is 9.36 Å². The molecular formula is C10H9ClN4OS. The lowest BCUT2D eigenvalue weighted by Gasteiger charge is -2.04. The minimum Gasteiger partial charge on any atom is -0.308 e. The van der Waals surface area contributed by atoms with Crippen LogP contribution in [0.2, 0.25) is 5.02 Å². The number of aromatic nitrogens is 2. The minimum atomic E-state index is -0.358. The van der Waals surface area contributed by atoms with Crippen LogP contribution in [-0.2, 0) is 0 Å². The molecular weight excluding hydrogens is 260 g/mol. The summed E-state index contributed by atoms with van der Waals surface area (Å²) in [7, 11) is 0. The van der Waals surface area contributed by atoms with Gasteiger partial charge in [0.05, 0.1) is 0 Å². The second-order valence-corrected chi connectivity index (χ2v) is 4.42. The zero-order chi connectivity index (χ0) is 12.3. The van der Waals surface area contributed by atoms with E-state index >= 15 is 0 Å². The Morgan fingerprint density at radius 3 is 2.59 bits per heavy atom. The average molecular weight is 269 g/mol. The monoisotopic (exact) mass is 268 g/mol. The molecule has 17 heavy (non-hydrogen) atoms. The molecule has 2 aromatic rings. The van der Waals surface area contributed by atoms with Crippen LogP contribution in [0.25, 0.3) is 0 Å². The van der Waals surface area contributed by atoms with Crippen LogP contribution >= 0.6 is 23.1 Å². The van der Waals surface area contributed by atoms with E-state index in [9.17, 15) is 4.79 Å². The van der Waals surface area contributed by atoms with Gasteiger partial charge in [-0.15, -0.1) is 0 Å². The summed E-state index contributed by atoms with van der Waals surface area (Å²) in [5.41, 5.74) is 0.660. The predicted molar refractivity (Wildman–Crippen MR) is 68.7 cm³/mol. The average Bonchev–Trinajstić information content (AvgIpc) is 2.67. The van der Waals surface area contributed by atoms with Crippen LogP contribution in [0.1, 0.15) is 5.82 Å². The standard InChI is InChI=1S/C10H9ClN4OS/c1-6-12-10(17-15-6)14-9(16)13-8-4-2-7(11)3-5-8/h2-5H,1H3,(H2,12,13,14,15,16). The lowest BCUT2D eigenvalue weighted by atomic mass is 10.3. The van der Waals surface area contributed by atoms with Crippen LogP contribution in [0.15, 0.2) is 24.3 Å². The number of carbonyl (C=O) groups excluding carboxylic acids is 1. The lowest BCUT2D eigenvalue weighted by molar-refractivity contribution is 0.262. The van der Waals surface area contributed by atoms with Crippen molar-refractivity contribution in [3.05, 3.63) is 35.1 Å². The highest BCUT2D eigenvalue weighted by molar-refractivity contribution is 7.09. The molecule has 1 aromatic carbocycles. The number of rotatable bonds is 2. The van der Waals surface area contributed by atoms with Crippen molar-refractivity contribution in [3.8, 4) is 0 Å². The van der Waals surface area contributed by atoms with Crippen molar-refractivity contribution in [2.24, 2.45) is 0 Å². The van der Waals surface area contributed by atoms with Gasteiger partial charge in [-0.3, -0.25) is 5.32 Å². The second kappa shape index (κ2) is 5.11. The Kier molecular flexibility index (Phi) is 3.55. The van der Waals surface area contributed by atoms with Gasteiger partial charge in [-0.05, 0) is 31.2 Å². The Morgan fingerprint density at radius 2 is 2.00 bits per heavy atom. The summed E-state index contributed by atoms with van der Waals surface area (Å²) in [5.74, 6) is 0.636. The van der Waals surface area contributed by atoms with Crippen molar-refractivity contribution in [3.63, 3.8) is 0 Å². The van der Waals surface area contributed by atoms with Crippen molar-refractivity contribution >= 4 is 40.0 Å². The first-order chi connectivity index (χ1) is 8.13. The van der Waals surface area contributed by atoms with Gasteiger partial charge < -0.3 is 5.32 Å². The number of hydrogen-bond acceptors (Lipinski definition) is 4. The van der Waals surface area contributed by atoms with Gasteiger partial charge >= 0.3 is 6.03 Å². The highest BCUT2D eigenvalue weighted by atomic mass is 35.5. The first-order valence-electron chi connectivity index (χ1n) is 4.77.